The first-order chi connectivity index (χ1) is 7.41. The summed E-state index contributed by atoms with van der Waals surface area (Å²) in [6.07, 6.45) is 0. The summed E-state index contributed by atoms with van der Waals surface area (Å²) in [5.41, 5.74) is 0. The number of amides is 1. The minimum Gasteiger partial charge on any atom is -0.480 e. The summed E-state index contributed by atoms with van der Waals surface area (Å²) >= 11 is 0. The molecular weight excluding hydrogens is 212 g/mol. The molecule has 0 fully saturated rings. The first-order valence-electron chi connectivity index (χ1n) is 4.81. The lowest BCUT2D eigenvalue weighted by molar-refractivity contribution is -0.137. The standard InChI is InChI=1S/C9H14N4O3/c1-5(2)7-10-8(12-11-7)9(16)13(3)4-6(14)15/h5H,4H2,1-3H3,(H,14,15)(H,10,11,12). The van der Waals surface area contributed by atoms with Crippen LogP contribution in [0.15, 0.2) is 0 Å². The number of aliphatic carboxylic acids is 1. The average Bonchev–Trinajstić information content (AvgIpc) is 2.64. The van der Waals surface area contributed by atoms with Crippen LogP contribution in [-0.4, -0.2) is 50.7 Å². The second-order valence-corrected chi connectivity index (χ2v) is 3.75. The van der Waals surface area contributed by atoms with Gasteiger partial charge in [0.1, 0.15) is 12.4 Å². The van der Waals surface area contributed by atoms with Crippen LogP contribution in [0.1, 0.15) is 36.2 Å². The maximum Gasteiger partial charge on any atom is 0.323 e. The van der Waals surface area contributed by atoms with Crippen LogP contribution in [-0.2, 0) is 4.79 Å². The Hall–Kier alpha value is -1.92. The number of carbonyl (C=O) groups is 2. The van der Waals surface area contributed by atoms with Gasteiger partial charge in [0.25, 0.3) is 5.91 Å². The lowest BCUT2D eigenvalue weighted by Crippen LogP contribution is -2.32. The molecule has 2 N–H and O–H groups in total. The highest BCUT2D eigenvalue weighted by Gasteiger charge is 2.19. The van der Waals surface area contributed by atoms with Crippen molar-refractivity contribution in [2.75, 3.05) is 13.6 Å². The maximum absolute atomic E-state index is 11.6. The summed E-state index contributed by atoms with van der Waals surface area (Å²) in [7, 11) is 1.39. The van der Waals surface area contributed by atoms with E-state index in [1.54, 1.807) is 0 Å². The van der Waals surface area contributed by atoms with Gasteiger partial charge in [-0.15, -0.1) is 5.10 Å². The van der Waals surface area contributed by atoms with Crippen molar-refractivity contribution in [2.24, 2.45) is 0 Å². The van der Waals surface area contributed by atoms with E-state index in [0.717, 1.165) is 4.90 Å². The number of nitrogens with zero attached hydrogens (tertiary/aromatic N) is 3. The molecule has 88 valence electrons. The third-order valence-corrected chi connectivity index (χ3v) is 1.96. The minimum absolute atomic E-state index is 0.00699. The molecule has 0 spiro atoms. The van der Waals surface area contributed by atoms with Gasteiger partial charge in [-0.3, -0.25) is 14.7 Å². The minimum atomic E-state index is -1.07. The number of carboxylic acid groups (broad SMARTS) is 1. The highest BCUT2D eigenvalue weighted by atomic mass is 16.4. The number of aromatic nitrogens is 3. The molecule has 0 saturated heterocycles. The number of rotatable bonds is 4. The predicted molar refractivity (Wildman–Crippen MR) is 55.1 cm³/mol. The van der Waals surface area contributed by atoms with Gasteiger partial charge in [0.05, 0.1) is 0 Å². The van der Waals surface area contributed by atoms with Crippen molar-refractivity contribution >= 4 is 11.9 Å². The Morgan fingerprint density at radius 1 is 1.50 bits per heavy atom. The molecule has 0 aliphatic carbocycles. The Bertz CT molecular complexity index is 399. The van der Waals surface area contributed by atoms with Gasteiger partial charge in [0.2, 0.25) is 5.82 Å². The molecule has 1 amide bonds. The van der Waals surface area contributed by atoms with Crippen molar-refractivity contribution in [3.05, 3.63) is 11.6 Å². The summed E-state index contributed by atoms with van der Waals surface area (Å²) < 4.78 is 0. The van der Waals surface area contributed by atoms with E-state index < -0.39 is 11.9 Å². The van der Waals surface area contributed by atoms with Gasteiger partial charge in [0.15, 0.2) is 0 Å². The summed E-state index contributed by atoms with van der Waals surface area (Å²) in [5.74, 6) is -0.848. The van der Waals surface area contributed by atoms with Crippen LogP contribution in [0, 0.1) is 0 Å². The van der Waals surface area contributed by atoms with Gasteiger partial charge in [-0.2, -0.15) is 0 Å². The zero-order valence-electron chi connectivity index (χ0n) is 9.39. The molecule has 0 aromatic carbocycles. The monoisotopic (exact) mass is 226 g/mol. The zero-order valence-corrected chi connectivity index (χ0v) is 9.39. The number of carboxylic acids is 1. The van der Waals surface area contributed by atoms with Crippen molar-refractivity contribution in [2.45, 2.75) is 19.8 Å². The van der Waals surface area contributed by atoms with Crippen LogP contribution in [0.2, 0.25) is 0 Å². The Morgan fingerprint density at radius 2 is 2.12 bits per heavy atom. The number of nitrogens with one attached hydrogen (secondary N) is 1. The predicted octanol–water partition coefficient (Wildman–Crippen LogP) is 0.0847. The van der Waals surface area contributed by atoms with E-state index in [2.05, 4.69) is 15.2 Å². The third kappa shape index (κ3) is 2.78. The van der Waals surface area contributed by atoms with E-state index in [1.165, 1.54) is 7.05 Å². The van der Waals surface area contributed by atoms with Crippen molar-refractivity contribution in [1.29, 1.82) is 0 Å². The number of H-pyrrole nitrogens is 1. The van der Waals surface area contributed by atoms with E-state index >= 15 is 0 Å². The molecule has 16 heavy (non-hydrogen) atoms. The molecule has 1 aromatic rings. The largest absolute Gasteiger partial charge is 0.480 e. The van der Waals surface area contributed by atoms with Crippen LogP contribution in [0.3, 0.4) is 0 Å². The summed E-state index contributed by atoms with van der Waals surface area (Å²) in [4.78, 5) is 27.1. The number of carbonyl (C=O) groups excluding carboxylic acids is 1. The van der Waals surface area contributed by atoms with Crippen LogP contribution >= 0.6 is 0 Å². The van der Waals surface area contributed by atoms with Crippen LogP contribution in [0.4, 0.5) is 0 Å². The molecule has 0 radical (unpaired) electrons. The number of aromatic amines is 1. The number of hydrogen-bond donors (Lipinski definition) is 2. The summed E-state index contributed by atoms with van der Waals surface area (Å²) in [6, 6.07) is 0. The number of hydrogen-bond acceptors (Lipinski definition) is 4. The van der Waals surface area contributed by atoms with E-state index in [-0.39, 0.29) is 18.3 Å². The van der Waals surface area contributed by atoms with Gasteiger partial charge in [-0.05, 0) is 0 Å². The molecule has 0 aliphatic rings. The third-order valence-electron chi connectivity index (χ3n) is 1.96. The molecule has 0 unspecified atom stereocenters. The number of likely N-dealkylation sites (N-methyl/N-ethyl adjacent to an activating group) is 1. The SMILES string of the molecule is CC(C)c1nc(C(=O)N(C)CC(=O)O)n[nH]1. The lowest BCUT2D eigenvalue weighted by Gasteiger charge is -2.11. The lowest BCUT2D eigenvalue weighted by atomic mass is 10.2. The zero-order chi connectivity index (χ0) is 12.3. The van der Waals surface area contributed by atoms with Crippen LogP contribution in [0.25, 0.3) is 0 Å². The van der Waals surface area contributed by atoms with Gasteiger partial charge < -0.3 is 10.0 Å². The van der Waals surface area contributed by atoms with Crippen LogP contribution in [0.5, 0.6) is 0 Å². The first kappa shape index (κ1) is 12.2. The molecule has 0 bridgehead atoms. The molecule has 1 heterocycles. The summed E-state index contributed by atoms with van der Waals surface area (Å²) in [5, 5.41) is 14.9. The second-order valence-electron chi connectivity index (χ2n) is 3.75. The Kier molecular flexibility index (Phi) is 3.60. The molecule has 7 nitrogen and oxygen atoms in total. The molecule has 0 aliphatic heterocycles. The highest BCUT2D eigenvalue weighted by molar-refractivity contribution is 5.92. The van der Waals surface area contributed by atoms with Gasteiger partial charge >= 0.3 is 5.97 Å². The molecule has 0 saturated carbocycles. The molecule has 1 rings (SSSR count). The molecular formula is C9H14N4O3. The fourth-order valence-electron chi connectivity index (χ4n) is 1.07. The maximum atomic E-state index is 11.6. The van der Waals surface area contributed by atoms with Crippen molar-refractivity contribution in [1.82, 2.24) is 20.1 Å². The fraction of sp³-hybridized carbons (Fsp3) is 0.556. The molecule has 1 aromatic heterocycles. The average molecular weight is 226 g/mol. The second kappa shape index (κ2) is 4.73. The normalized spacial score (nSPS) is 10.5. The molecule has 0 atom stereocenters. The van der Waals surface area contributed by atoms with Crippen molar-refractivity contribution < 1.29 is 14.7 Å². The van der Waals surface area contributed by atoms with Crippen LogP contribution < -0.4 is 0 Å². The van der Waals surface area contributed by atoms with E-state index in [1.807, 2.05) is 13.8 Å². The van der Waals surface area contributed by atoms with Crippen molar-refractivity contribution in [3.63, 3.8) is 0 Å². The van der Waals surface area contributed by atoms with Gasteiger partial charge in [0, 0.05) is 13.0 Å². The van der Waals surface area contributed by atoms with E-state index in [9.17, 15) is 9.59 Å². The quantitative estimate of drug-likeness (QED) is 0.757. The molecule has 7 heteroatoms. The Labute approximate surface area is 92.5 Å². The fourth-order valence-corrected chi connectivity index (χ4v) is 1.07. The topological polar surface area (TPSA) is 99.2 Å². The Morgan fingerprint density at radius 3 is 2.56 bits per heavy atom. The first-order valence-corrected chi connectivity index (χ1v) is 4.81. The van der Waals surface area contributed by atoms with E-state index in [4.69, 9.17) is 5.11 Å². The smallest absolute Gasteiger partial charge is 0.323 e. The summed E-state index contributed by atoms with van der Waals surface area (Å²) in [6.45, 7) is 3.45. The van der Waals surface area contributed by atoms with Gasteiger partial charge in [-0.25, -0.2) is 4.98 Å². The highest BCUT2D eigenvalue weighted by Crippen LogP contribution is 2.08. The van der Waals surface area contributed by atoms with Gasteiger partial charge in [-0.1, -0.05) is 13.8 Å². The van der Waals surface area contributed by atoms with E-state index in [0.29, 0.717) is 5.82 Å². The van der Waals surface area contributed by atoms with Crippen molar-refractivity contribution in [3.8, 4) is 0 Å². The Balaban J connectivity index is 2.76.